The van der Waals surface area contributed by atoms with Gasteiger partial charge in [-0.05, 0) is 24.8 Å². The van der Waals surface area contributed by atoms with Crippen molar-refractivity contribution in [3.8, 4) is 0 Å². The van der Waals surface area contributed by atoms with Gasteiger partial charge in [0.05, 0.1) is 6.61 Å². The number of aliphatic hydroxyl groups is 1. The smallest absolute Gasteiger partial charge is 0.245 e. The van der Waals surface area contributed by atoms with Gasteiger partial charge >= 0.3 is 0 Å². The van der Waals surface area contributed by atoms with Crippen LogP contribution in [-0.4, -0.2) is 72.8 Å². The number of nitrogens with one attached hydrogen (secondary N) is 4. The van der Waals surface area contributed by atoms with Crippen molar-refractivity contribution in [2.24, 2.45) is 33.8 Å². The van der Waals surface area contributed by atoms with Crippen LogP contribution in [-0.2, 0) is 25.6 Å². The summed E-state index contributed by atoms with van der Waals surface area (Å²) in [6.45, 7) is -0.575. The average Bonchev–Trinajstić information content (AvgIpc) is 2.81. The first-order valence-electron chi connectivity index (χ1n) is 10.7. The number of amidine groups is 1. The number of hydrogen-bond acceptors (Lipinski definition) is 7. The molecule has 14 heteroatoms. The zero-order valence-electron chi connectivity index (χ0n) is 19.4. The molecule has 192 valence electrons. The Morgan fingerprint density at radius 2 is 1.57 bits per heavy atom. The van der Waals surface area contributed by atoms with Crippen LogP contribution in [0.2, 0.25) is 0 Å². The molecule has 35 heavy (non-hydrogen) atoms. The Balaban J connectivity index is 2.88. The molecule has 0 aliphatic rings. The largest absolute Gasteiger partial charge is 0.394 e. The molecule has 1 rings (SSSR count). The summed E-state index contributed by atoms with van der Waals surface area (Å²) >= 11 is 0. The second-order valence-corrected chi connectivity index (χ2v) is 7.64. The normalized spacial score (nSPS) is 13.0. The molecule has 3 atom stereocenters. The number of benzene rings is 1. The minimum atomic E-state index is -1.44. The monoisotopic (exact) mass is 491 g/mol. The van der Waals surface area contributed by atoms with Gasteiger partial charge < -0.3 is 44.0 Å². The summed E-state index contributed by atoms with van der Waals surface area (Å²) in [5.41, 5.74) is 22.3. The van der Waals surface area contributed by atoms with Gasteiger partial charge in [-0.1, -0.05) is 24.3 Å². The van der Waals surface area contributed by atoms with Crippen LogP contribution in [0.1, 0.15) is 24.0 Å². The Morgan fingerprint density at radius 1 is 0.971 bits per heavy atom. The number of aliphatic hydroxyl groups excluding tert-OH is 1. The van der Waals surface area contributed by atoms with Crippen LogP contribution in [0.25, 0.3) is 0 Å². The lowest BCUT2D eigenvalue weighted by molar-refractivity contribution is -0.138. The van der Waals surface area contributed by atoms with E-state index in [4.69, 9.17) is 28.3 Å². The predicted molar refractivity (Wildman–Crippen MR) is 129 cm³/mol. The highest BCUT2D eigenvalue weighted by molar-refractivity contribution is 6.02. The zero-order valence-corrected chi connectivity index (χ0v) is 19.4. The van der Waals surface area contributed by atoms with Crippen molar-refractivity contribution in [2.75, 3.05) is 20.2 Å². The summed E-state index contributed by atoms with van der Waals surface area (Å²) < 4.78 is 0. The molecule has 0 aliphatic heterocycles. The molecule has 0 saturated heterocycles. The fourth-order valence-electron chi connectivity index (χ4n) is 3.06. The van der Waals surface area contributed by atoms with Crippen LogP contribution < -0.4 is 38.9 Å². The fourth-order valence-corrected chi connectivity index (χ4v) is 3.06. The number of carbonyl (C=O) groups is 4. The number of nitrogens with zero attached hydrogens (tertiary/aromatic N) is 1. The van der Waals surface area contributed by atoms with Gasteiger partial charge in [0, 0.05) is 19.2 Å². The Kier molecular flexibility index (Phi) is 11.7. The summed E-state index contributed by atoms with van der Waals surface area (Å²) in [4.78, 5) is 53.3. The third-order valence-corrected chi connectivity index (χ3v) is 5.00. The molecule has 0 spiro atoms. The van der Waals surface area contributed by atoms with Gasteiger partial charge in [-0.15, -0.1) is 0 Å². The third-order valence-electron chi connectivity index (χ3n) is 5.00. The van der Waals surface area contributed by atoms with Gasteiger partial charge in [0.1, 0.15) is 23.8 Å². The minimum Gasteiger partial charge on any atom is -0.394 e. The number of guanidine groups is 1. The van der Waals surface area contributed by atoms with Crippen LogP contribution in [0.4, 0.5) is 0 Å². The van der Waals surface area contributed by atoms with Crippen molar-refractivity contribution in [2.45, 2.75) is 31.3 Å². The number of nitrogen functional groups attached to an aromatic ring is 1. The summed E-state index contributed by atoms with van der Waals surface area (Å²) in [5, 5.41) is 24.2. The van der Waals surface area contributed by atoms with E-state index in [-0.39, 0.29) is 31.2 Å². The van der Waals surface area contributed by atoms with Crippen molar-refractivity contribution in [1.29, 1.82) is 5.41 Å². The summed E-state index contributed by atoms with van der Waals surface area (Å²) in [7, 11) is 1.36. The van der Waals surface area contributed by atoms with Crippen molar-refractivity contribution in [3.63, 3.8) is 0 Å². The standard InChI is InChI=1S/C21H33N9O5/c1-27-18(33)13(9-11-4-6-12(7-5-11)16(22)23)19(34)30-15(10-31)20(35)29-14(17(24)32)3-2-8-28-21(25)26/h4-7,13-15,31H,2-3,8-10H2,1H3,(H3,22,23)(H2,24,32)(H,27,33)(H,29,35)(H,30,34)(H4,25,26,28)/t13?,14-,15-/m0/s1. The summed E-state index contributed by atoms with van der Waals surface area (Å²) in [6.07, 6.45) is 0.447. The SMILES string of the molecule is CNC(=O)C(Cc1ccc(C(=N)N)cc1)C(=O)N[C@@H](CO)C(=O)N[C@@H](CCCN=C(N)N)C(N)=O. The maximum atomic E-state index is 12.8. The molecule has 0 saturated carbocycles. The Bertz CT molecular complexity index is 945. The third kappa shape index (κ3) is 9.67. The predicted octanol–water partition coefficient (Wildman–Crippen LogP) is -3.62. The van der Waals surface area contributed by atoms with Crippen molar-refractivity contribution in [1.82, 2.24) is 16.0 Å². The molecule has 1 aromatic carbocycles. The topological polar surface area (TPSA) is 265 Å². The molecule has 0 aliphatic carbocycles. The maximum Gasteiger partial charge on any atom is 0.245 e. The molecule has 0 aromatic heterocycles. The van der Waals surface area contributed by atoms with Gasteiger partial charge in [-0.25, -0.2) is 0 Å². The molecule has 1 unspecified atom stereocenters. The molecule has 0 bridgehead atoms. The van der Waals surface area contributed by atoms with E-state index in [1.807, 2.05) is 0 Å². The lowest BCUT2D eigenvalue weighted by Gasteiger charge is -2.22. The Labute approximate surface area is 202 Å². The van der Waals surface area contributed by atoms with E-state index in [9.17, 15) is 24.3 Å². The first kappa shape index (κ1) is 28.8. The molecular weight excluding hydrogens is 458 g/mol. The van der Waals surface area contributed by atoms with Crippen LogP contribution in [0.15, 0.2) is 29.3 Å². The highest BCUT2D eigenvalue weighted by Crippen LogP contribution is 2.12. The van der Waals surface area contributed by atoms with Gasteiger partial charge in [-0.3, -0.25) is 29.6 Å². The zero-order chi connectivity index (χ0) is 26.5. The Hall–Kier alpha value is -4.20. The van der Waals surface area contributed by atoms with Gasteiger partial charge in [0.2, 0.25) is 23.6 Å². The quantitative estimate of drug-likeness (QED) is 0.0541. The number of primary amides is 1. The van der Waals surface area contributed by atoms with Gasteiger partial charge in [0.25, 0.3) is 0 Å². The van der Waals surface area contributed by atoms with E-state index in [1.54, 1.807) is 24.3 Å². The molecule has 0 fully saturated rings. The highest BCUT2D eigenvalue weighted by Gasteiger charge is 2.31. The molecule has 1 aromatic rings. The molecule has 0 heterocycles. The first-order valence-corrected chi connectivity index (χ1v) is 10.7. The lowest BCUT2D eigenvalue weighted by atomic mass is 9.96. The molecular formula is C21H33N9O5. The van der Waals surface area contributed by atoms with E-state index in [2.05, 4.69) is 20.9 Å². The molecule has 14 nitrogen and oxygen atoms in total. The number of amides is 4. The first-order chi connectivity index (χ1) is 16.5. The van der Waals surface area contributed by atoms with E-state index in [0.717, 1.165) is 0 Å². The number of hydrogen-bond donors (Lipinski definition) is 9. The molecule has 4 amide bonds. The van der Waals surface area contributed by atoms with E-state index in [1.165, 1.54) is 7.05 Å². The number of carbonyl (C=O) groups excluding carboxylic acids is 4. The van der Waals surface area contributed by atoms with E-state index in [0.29, 0.717) is 17.5 Å². The second kappa shape index (κ2) is 14.1. The van der Waals surface area contributed by atoms with Crippen molar-refractivity contribution in [3.05, 3.63) is 35.4 Å². The Morgan fingerprint density at radius 3 is 2.06 bits per heavy atom. The summed E-state index contributed by atoms with van der Waals surface area (Å²) in [6, 6.07) is 3.88. The van der Waals surface area contributed by atoms with Crippen LogP contribution >= 0.6 is 0 Å². The lowest BCUT2D eigenvalue weighted by Crippen LogP contribution is -2.56. The van der Waals surface area contributed by atoms with Crippen molar-refractivity contribution < 1.29 is 24.3 Å². The molecule has 13 N–H and O–H groups in total. The highest BCUT2D eigenvalue weighted by atomic mass is 16.3. The minimum absolute atomic E-state index is 0.0157. The van der Waals surface area contributed by atoms with E-state index >= 15 is 0 Å². The fraction of sp³-hybridized carbons (Fsp3) is 0.429. The van der Waals surface area contributed by atoms with Gasteiger partial charge in [-0.2, -0.15) is 0 Å². The maximum absolute atomic E-state index is 12.8. The van der Waals surface area contributed by atoms with Crippen LogP contribution in [0, 0.1) is 11.3 Å². The number of rotatable bonds is 14. The summed E-state index contributed by atoms with van der Waals surface area (Å²) in [5.74, 6) is -4.55. The molecule has 0 radical (unpaired) electrons. The van der Waals surface area contributed by atoms with Crippen molar-refractivity contribution >= 4 is 35.4 Å². The average molecular weight is 492 g/mol. The second-order valence-electron chi connectivity index (χ2n) is 7.64. The number of aliphatic imine (C=N–C) groups is 1. The van der Waals surface area contributed by atoms with Crippen LogP contribution in [0.5, 0.6) is 0 Å². The van der Waals surface area contributed by atoms with E-state index < -0.39 is 48.2 Å². The van der Waals surface area contributed by atoms with Crippen LogP contribution in [0.3, 0.4) is 0 Å². The van der Waals surface area contributed by atoms with Gasteiger partial charge in [0.15, 0.2) is 5.96 Å². The number of nitrogens with two attached hydrogens (primary N) is 4.